The van der Waals surface area contributed by atoms with Gasteiger partial charge in [0.15, 0.2) is 0 Å². The van der Waals surface area contributed by atoms with Gasteiger partial charge in [-0.3, -0.25) is 0 Å². The van der Waals surface area contributed by atoms with Crippen LogP contribution in [-0.4, -0.2) is 29.1 Å². The third-order valence-corrected chi connectivity index (χ3v) is 3.58. The Morgan fingerprint density at radius 3 is 2.61 bits per heavy atom. The van der Waals surface area contributed by atoms with Crippen LogP contribution in [0.4, 0.5) is 11.6 Å². The van der Waals surface area contributed by atoms with Crippen LogP contribution in [0.5, 0.6) is 0 Å². The number of aromatic nitrogens is 2. The molecule has 0 radical (unpaired) electrons. The number of hydrogen-bond donors (Lipinski definition) is 1. The maximum atomic E-state index is 4.61. The molecule has 0 aromatic carbocycles. The second-order valence-corrected chi connectivity index (χ2v) is 4.91. The quantitative estimate of drug-likeness (QED) is 0.869. The third-order valence-electron chi connectivity index (χ3n) is 3.58. The normalized spacial score (nSPS) is 15.9. The van der Waals surface area contributed by atoms with Gasteiger partial charge >= 0.3 is 0 Å². The number of rotatable bonds is 5. The zero-order chi connectivity index (χ0) is 13.0. The van der Waals surface area contributed by atoms with Crippen LogP contribution in [0.15, 0.2) is 6.07 Å². The van der Waals surface area contributed by atoms with Gasteiger partial charge in [0.05, 0.1) is 0 Å². The number of anilines is 2. The Labute approximate surface area is 110 Å². The first-order valence-electron chi connectivity index (χ1n) is 7.10. The summed E-state index contributed by atoms with van der Waals surface area (Å²) >= 11 is 0. The molecule has 100 valence electrons. The van der Waals surface area contributed by atoms with E-state index in [1.807, 2.05) is 6.92 Å². The van der Waals surface area contributed by atoms with E-state index in [4.69, 9.17) is 0 Å². The summed E-state index contributed by atoms with van der Waals surface area (Å²) in [6.45, 7) is 8.18. The van der Waals surface area contributed by atoms with Crippen molar-refractivity contribution >= 4 is 11.6 Å². The summed E-state index contributed by atoms with van der Waals surface area (Å²) in [7, 11) is 0. The van der Waals surface area contributed by atoms with E-state index in [-0.39, 0.29) is 0 Å². The highest BCUT2D eigenvalue weighted by atomic mass is 15.2. The number of aryl methyl sites for hydroxylation is 1. The van der Waals surface area contributed by atoms with Crippen LogP contribution in [0.2, 0.25) is 0 Å². The molecule has 1 saturated carbocycles. The fourth-order valence-electron chi connectivity index (χ4n) is 2.79. The van der Waals surface area contributed by atoms with E-state index in [0.717, 1.165) is 30.5 Å². The molecular formula is C14H24N4. The van der Waals surface area contributed by atoms with E-state index in [1.165, 1.54) is 25.7 Å². The first-order chi connectivity index (χ1) is 8.74. The van der Waals surface area contributed by atoms with Gasteiger partial charge in [0.1, 0.15) is 17.5 Å². The number of nitrogens with one attached hydrogen (secondary N) is 1. The maximum Gasteiger partial charge on any atom is 0.134 e. The van der Waals surface area contributed by atoms with Gasteiger partial charge in [0, 0.05) is 25.2 Å². The van der Waals surface area contributed by atoms with Gasteiger partial charge in [-0.1, -0.05) is 12.8 Å². The molecule has 0 spiro atoms. The maximum absolute atomic E-state index is 4.61. The molecule has 1 N–H and O–H groups in total. The Balaban J connectivity index is 2.23. The fraction of sp³-hybridized carbons (Fsp3) is 0.714. The van der Waals surface area contributed by atoms with E-state index in [0.29, 0.717) is 6.04 Å². The Kier molecular flexibility index (Phi) is 4.39. The minimum Gasteiger partial charge on any atom is -0.370 e. The summed E-state index contributed by atoms with van der Waals surface area (Å²) in [6.07, 6.45) is 5.30. The van der Waals surface area contributed by atoms with Crippen LogP contribution in [0, 0.1) is 6.92 Å². The summed E-state index contributed by atoms with van der Waals surface area (Å²) in [5.74, 6) is 2.86. The fourth-order valence-corrected chi connectivity index (χ4v) is 2.79. The molecule has 1 fully saturated rings. The molecule has 0 unspecified atom stereocenters. The number of nitrogens with zero attached hydrogens (tertiary/aromatic N) is 3. The van der Waals surface area contributed by atoms with E-state index in [9.17, 15) is 0 Å². The van der Waals surface area contributed by atoms with Gasteiger partial charge in [-0.2, -0.15) is 0 Å². The summed E-state index contributed by atoms with van der Waals surface area (Å²) in [6, 6.07) is 2.75. The highest BCUT2D eigenvalue weighted by Gasteiger charge is 2.23. The smallest absolute Gasteiger partial charge is 0.134 e. The predicted octanol–water partition coefficient (Wildman–Crippen LogP) is 2.99. The van der Waals surface area contributed by atoms with Crippen molar-refractivity contribution in [2.75, 3.05) is 23.3 Å². The van der Waals surface area contributed by atoms with Crippen LogP contribution < -0.4 is 10.2 Å². The van der Waals surface area contributed by atoms with Crippen LogP contribution in [0.3, 0.4) is 0 Å². The molecule has 0 saturated heterocycles. The van der Waals surface area contributed by atoms with Crippen molar-refractivity contribution in [2.24, 2.45) is 0 Å². The van der Waals surface area contributed by atoms with Crippen LogP contribution in [0.25, 0.3) is 0 Å². The summed E-state index contributed by atoms with van der Waals surface area (Å²) < 4.78 is 0. The minimum atomic E-state index is 0.666. The highest BCUT2D eigenvalue weighted by Crippen LogP contribution is 2.27. The summed E-state index contributed by atoms with van der Waals surface area (Å²) in [5, 5.41) is 3.28. The molecule has 0 amide bonds. The molecule has 18 heavy (non-hydrogen) atoms. The van der Waals surface area contributed by atoms with Crippen molar-refractivity contribution in [3.63, 3.8) is 0 Å². The summed E-state index contributed by atoms with van der Waals surface area (Å²) in [5.41, 5.74) is 0. The third kappa shape index (κ3) is 2.92. The van der Waals surface area contributed by atoms with E-state index in [2.05, 4.69) is 40.1 Å². The summed E-state index contributed by atoms with van der Waals surface area (Å²) in [4.78, 5) is 11.5. The lowest BCUT2D eigenvalue weighted by atomic mass is 10.2. The molecule has 0 aliphatic heterocycles. The molecule has 2 rings (SSSR count). The van der Waals surface area contributed by atoms with Crippen molar-refractivity contribution in [1.29, 1.82) is 0 Å². The molecule has 1 aromatic rings. The van der Waals surface area contributed by atoms with Crippen molar-refractivity contribution < 1.29 is 0 Å². The molecule has 1 aromatic heterocycles. The molecule has 1 aliphatic carbocycles. The average molecular weight is 248 g/mol. The number of hydrogen-bond acceptors (Lipinski definition) is 4. The first-order valence-corrected chi connectivity index (χ1v) is 7.10. The molecule has 1 heterocycles. The van der Waals surface area contributed by atoms with Crippen molar-refractivity contribution in [2.45, 2.75) is 52.5 Å². The Hall–Kier alpha value is -1.32. The lowest BCUT2D eigenvalue weighted by Gasteiger charge is -2.29. The van der Waals surface area contributed by atoms with E-state index >= 15 is 0 Å². The van der Waals surface area contributed by atoms with Crippen molar-refractivity contribution in [3.05, 3.63) is 11.9 Å². The zero-order valence-electron chi connectivity index (χ0n) is 11.7. The molecule has 1 aliphatic rings. The van der Waals surface area contributed by atoms with Crippen LogP contribution >= 0.6 is 0 Å². The standard InChI is InChI=1S/C14H24N4/c1-4-15-13-10-14(17-11(3)16-13)18(5-2)12-8-6-7-9-12/h10,12H,4-9H2,1-3H3,(H,15,16,17). The first kappa shape index (κ1) is 13.1. The largest absolute Gasteiger partial charge is 0.370 e. The topological polar surface area (TPSA) is 41.0 Å². The zero-order valence-corrected chi connectivity index (χ0v) is 11.7. The van der Waals surface area contributed by atoms with Crippen LogP contribution in [-0.2, 0) is 0 Å². The van der Waals surface area contributed by atoms with E-state index < -0.39 is 0 Å². The Morgan fingerprint density at radius 1 is 1.28 bits per heavy atom. The van der Waals surface area contributed by atoms with Gasteiger partial charge in [-0.25, -0.2) is 9.97 Å². The molecule has 0 bridgehead atoms. The average Bonchev–Trinajstić information content (AvgIpc) is 2.83. The van der Waals surface area contributed by atoms with Gasteiger partial charge in [0.25, 0.3) is 0 Å². The van der Waals surface area contributed by atoms with Crippen LogP contribution in [0.1, 0.15) is 45.4 Å². The SMILES string of the molecule is CCNc1cc(N(CC)C2CCCC2)nc(C)n1. The lowest BCUT2D eigenvalue weighted by molar-refractivity contribution is 0.611. The van der Waals surface area contributed by atoms with Gasteiger partial charge in [-0.05, 0) is 33.6 Å². The minimum absolute atomic E-state index is 0.666. The lowest BCUT2D eigenvalue weighted by Crippen LogP contribution is -2.34. The second kappa shape index (κ2) is 6.03. The van der Waals surface area contributed by atoms with Gasteiger partial charge in [-0.15, -0.1) is 0 Å². The van der Waals surface area contributed by atoms with Gasteiger partial charge in [0.2, 0.25) is 0 Å². The highest BCUT2D eigenvalue weighted by molar-refractivity contribution is 5.50. The van der Waals surface area contributed by atoms with Crippen molar-refractivity contribution in [1.82, 2.24) is 9.97 Å². The molecule has 4 nitrogen and oxygen atoms in total. The molecular weight excluding hydrogens is 224 g/mol. The Bertz CT molecular complexity index is 385. The second-order valence-electron chi connectivity index (χ2n) is 4.91. The van der Waals surface area contributed by atoms with Gasteiger partial charge < -0.3 is 10.2 Å². The monoisotopic (exact) mass is 248 g/mol. The van der Waals surface area contributed by atoms with Crippen molar-refractivity contribution in [3.8, 4) is 0 Å². The molecule has 4 heteroatoms. The van der Waals surface area contributed by atoms with E-state index in [1.54, 1.807) is 0 Å². The Morgan fingerprint density at radius 2 is 2.00 bits per heavy atom. The molecule has 0 atom stereocenters. The predicted molar refractivity (Wildman–Crippen MR) is 76.2 cm³/mol.